The van der Waals surface area contributed by atoms with E-state index in [0.29, 0.717) is 12.1 Å². The molecule has 0 amide bonds. The van der Waals surface area contributed by atoms with Crippen molar-refractivity contribution in [3.63, 3.8) is 0 Å². The van der Waals surface area contributed by atoms with Crippen molar-refractivity contribution in [3.05, 3.63) is 71.8 Å². The summed E-state index contributed by atoms with van der Waals surface area (Å²) in [5.74, 6) is 0. The molecule has 2 unspecified atom stereocenters. The van der Waals surface area contributed by atoms with Gasteiger partial charge in [-0.05, 0) is 0 Å². The van der Waals surface area contributed by atoms with Gasteiger partial charge in [0.05, 0.1) is 28.2 Å². The molecule has 0 N–H and O–H groups in total. The van der Waals surface area contributed by atoms with Crippen molar-refractivity contribution >= 4 is 0 Å². The zero-order valence-electron chi connectivity index (χ0n) is 14.2. The topological polar surface area (TPSA) is 0 Å². The predicted octanol–water partition coefficient (Wildman–Crippen LogP) is 3.64. The summed E-state index contributed by atoms with van der Waals surface area (Å²) in [7, 11) is 9.53. The Morgan fingerprint density at radius 2 is 0.909 bits per heavy atom. The van der Waals surface area contributed by atoms with Gasteiger partial charge in [0.25, 0.3) is 0 Å². The van der Waals surface area contributed by atoms with Crippen LogP contribution >= 0.6 is 0 Å². The molecular weight excluding hydrogens is 268 g/mol. The highest BCUT2D eigenvalue weighted by Gasteiger charge is 2.48. The van der Waals surface area contributed by atoms with Crippen molar-refractivity contribution in [2.24, 2.45) is 0 Å². The van der Waals surface area contributed by atoms with Crippen molar-refractivity contribution in [3.8, 4) is 0 Å². The van der Waals surface area contributed by atoms with Gasteiger partial charge < -0.3 is 8.97 Å². The molecule has 0 spiro atoms. The van der Waals surface area contributed by atoms with Crippen LogP contribution in [0.25, 0.3) is 0 Å². The number of hydrogen-bond donors (Lipinski definition) is 0. The van der Waals surface area contributed by atoms with E-state index in [1.165, 1.54) is 11.1 Å². The zero-order chi connectivity index (χ0) is 15.8. The second kappa shape index (κ2) is 5.53. The van der Waals surface area contributed by atoms with Gasteiger partial charge in [0.1, 0.15) is 13.1 Å². The van der Waals surface area contributed by atoms with Crippen LogP contribution in [0.15, 0.2) is 60.7 Å². The first-order chi connectivity index (χ1) is 10.4. The minimum atomic E-state index is 0.552. The molecule has 0 aromatic heterocycles. The number of likely N-dealkylation sites (N-methyl/N-ethyl adjacent to an activating group) is 2. The van der Waals surface area contributed by atoms with Crippen molar-refractivity contribution in [2.45, 2.75) is 12.1 Å². The Kier molecular flexibility index (Phi) is 3.84. The van der Waals surface area contributed by atoms with Crippen LogP contribution < -0.4 is 0 Å². The number of rotatable bonds is 2. The van der Waals surface area contributed by atoms with Gasteiger partial charge in [0.2, 0.25) is 0 Å². The van der Waals surface area contributed by atoms with Crippen LogP contribution in [0.5, 0.6) is 0 Å². The third-order valence-corrected chi connectivity index (χ3v) is 5.34. The molecule has 0 bridgehead atoms. The van der Waals surface area contributed by atoms with Crippen LogP contribution in [0, 0.1) is 0 Å². The molecule has 2 atom stereocenters. The number of hydrogen-bond acceptors (Lipinski definition) is 0. The molecule has 0 aliphatic carbocycles. The Morgan fingerprint density at radius 3 is 1.23 bits per heavy atom. The Labute approximate surface area is 134 Å². The van der Waals surface area contributed by atoms with E-state index in [2.05, 4.69) is 88.9 Å². The van der Waals surface area contributed by atoms with Gasteiger partial charge in [-0.2, -0.15) is 0 Å². The highest BCUT2D eigenvalue weighted by Crippen LogP contribution is 2.40. The molecule has 2 aromatic rings. The van der Waals surface area contributed by atoms with Crippen LogP contribution in [0.4, 0.5) is 0 Å². The first-order valence-corrected chi connectivity index (χ1v) is 8.15. The SMILES string of the molecule is C[N+]1(C)CC(c2ccccc2)[N+](C)(C)CC1c1ccccc1. The Hall–Kier alpha value is -1.64. The van der Waals surface area contributed by atoms with E-state index in [4.69, 9.17) is 0 Å². The number of piperazine rings is 1. The minimum Gasteiger partial charge on any atom is -0.312 e. The maximum Gasteiger partial charge on any atom is 0.164 e. The molecule has 1 heterocycles. The van der Waals surface area contributed by atoms with Crippen LogP contribution in [0.3, 0.4) is 0 Å². The van der Waals surface area contributed by atoms with Gasteiger partial charge in [-0.1, -0.05) is 60.7 Å². The maximum absolute atomic E-state index is 2.38. The number of nitrogens with zero attached hydrogens (tertiary/aromatic N) is 2. The number of benzene rings is 2. The second-order valence-electron chi connectivity index (χ2n) is 7.78. The third kappa shape index (κ3) is 2.81. The molecule has 1 saturated heterocycles. The van der Waals surface area contributed by atoms with E-state index in [1.54, 1.807) is 0 Å². The van der Waals surface area contributed by atoms with Crippen molar-refractivity contribution in [1.29, 1.82) is 0 Å². The molecular formula is C20H28N2+2. The van der Waals surface area contributed by atoms with Gasteiger partial charge in [0, 0.05) is 11.1 Å². The summed E-state index contributed by atoms with van der Waals surface area (Å²) in [5.41, 5.74) is 2.93. The fraction of sp³-hybridized carbons (Fsp3) is 0.400. The summed E-state index contributed by atoms with van der Waals surface area (Å²) >= 11 is 0. The normalized spacial score (nSPS) is 26.5. The molecule has 2 heteroatoms. The summed E-state index contributed by atoms with van der Waals surface area (Å²) in [4.78, 5) is 0. The smallest absolute Gasteiger partial charge is 0.164 e. The largest absolute Gasteiger partial charge is 0.312 e. The lowest BCUT2D eigenvalue weighted by Gasteiger charge is -2.52. The molecule has 3 rings (SSSR count). The minimum absolute atomic E-state index is 0.552. The summed E-state index contributed by atoms with van der Waals surface area (Å²) < 4.78 is 2.09. The van der Waals surface area contributed by atoms with E-state index in [-0.39, 0.29) is 0 Å². The average Bonchev–Trinajstić information content (AvgIpc) is 2.51. The van der Waals surface area contributed by atoms with Gasteiger partial charge >= 0.3 is 0 Å². The lowest BCUT2D eigenvalue weighted by atomic mass is 9.92. The Balaban J connectivity index is 1.95. The van der Waals surface area contributed by atoms with E-state index < -0.39 is 0 Å². The van der Waals surface area contributed by atoms with Crippen LogP contribution in [0.1, 0.15) is 23.2 Å². The van der Waals surface area contributed by atoms with E-state index in [1.807, 2.05) is 0 Å². The van der Waals surface area contributed by atoms with Gasteiger partial charge in [0.15, 0.2) is 12.1 Å². The predicted molar refractivity (Wildman–Crippen MR) is 92.3 cm³/mol. The summed E-state index contributed by atoms with van der Waals surface area (Å²) in [6.07, 6.45) is 0. The lowest BCUT2D eigenvalue weighted by molar-refractivity contribution is -1.04. The molecule has 2 nitrogen and oxygen atoms in total. The fourth-order valence-corrected chi connectivity index (χ4v) is 3.96. The summed E-state index contributed by atoms with van der Waals surface area (Å²) in [6, 6.07) is 23.1. The van der Waals surface area contributed by atoms with Crippen molar-refractivity contribution in [2.75, 3.05) is 41.3 Å². The van der Waals surface area contributed by atoms with Gasteiger partial charge in [-0.25, -0.2) is 0 Å². The van der Waals surface area contributed by atoms with Crippen LogP contribution in [-0.4, -0.2) is 50.2 Å². The third-order valence-electron chi connectivity index (χ3n) is 5.34. The fourth-order valence-electron chi connectivity index (χ4n) is 3.96. The molecule has 1 fully saturated rings. The quantitative estimate of drug-likeness (QED) is 0.742. The van der Waals surface area contributed by atoms with E-state index in [9.17, 15) is 0 Å². The molecule has 22 heavy (non-hydrogen) atoms. The Morgan fingerprint density at radius 1 is 0.591 bits per heavy atom. The molecule has 2 aromatic carbocycles. The average molecular weight is 296 g/mol. The van der Waals surface area contributed by atoms with Crippen molar-refractivity contribution < 1.29 is 8.97 Å². The lowest BCUT2D eigenvalue weighted by Crippen LogP contribution is -2.63. The van der Waals surface area contributed by atoms with Gasteiger partial charge in [-0.15, -0.1) is 0 Å². The summed E-state index contributed by atoms with van der Waals surface area (Å²) in [6.45, 7) is 2.33. The summed E-state index contributed by atoms with van der Waals surface area (Å²) in [5, 5.41) is 0. The second-order valence-corrected chi connectivity index (χ2v) is 7.78. The van der Waals surface area contributed by atoms with E-state index >= 15 is 0 Å². The Bertz CT molecular complexity index is 559. The molecule has 0 radical (unpaired) electrons. The van der Waals surface area contributed by atoms with Crippen LogP contribution in [0.2, 0.25) is 0 Å². The van der Waals surface area contributed by atoms with E-state index in [0.717, 1.165) is 22.1 Å². The standard InChI is InChI=1S/C20H28N2/c1-21(2)15-20(18-13-9-6-10-14-18)22(3,4)16-19(21)17-11-7-5-8-12-17/h5-14,19-20H,15-16H2,1-4H3/q+2. The van der Waals surface area contributed by atoms with Gasteiger partial charge in [-0.3, -0.25) is 0 Å². The molecule has 1 aliphatic heterocycles. The zero-order valence-corrected chi connectivity index (χ0v) is 14.2. The monoisotopic (exact) mass is 296 g/mol. The first kappa shape index (κ1) is 15.3. The van der Waals surface area contributed by atoms with Crippen LogP contribution in [-0.2, 0) is 0 Å². The number of quaternary nitrogens is 2. The van der Waals surface area contributed by atoms with Crippen molar-refractivity contribution in [1.82, 2.24) is 0 Å². The molecule has 1 aliphatic rings. The highest BCUT2D eigenvalue weighted by molar-refractivity contribution is 5.20. The molecule has 116 valence electrons. The first-order valence-electron chi connectivity index (χ1n) is 8.15. The molecule has 0 saturated carbocycles. The highest BCUT2D eigenvalue weighted by atomic mass is 15.5. The maximum atomic E-state index is 2.38.